The zero-order valence-electron chi connectivity index (χ0n) is 15.0. The van der Waals surface area contributed by atoms with E-state index in [1.165, 1.54) is 18.5 Å². The van der Waals surface area contributed by atoms with Crippen LogP contribution >= 0.6 is 11.3 Å². The quantitative estimate of drug-likeness (QED) is 0.848. The number of piperidine rings is 1. The maximum Gasteiger partial charge on any atom is 0.234 e. The molecular weight excluding hydrogens is 344 g/mol. The molecule has 2 aromatic rings. The van der Waals surface area contributed by atoms with Crippen molar-refractivity contribution >= 4 is 17.2 Å². The maximum absolute atomic E-state index is 12.4. The van der Waals surface area contributed by atoms with Crippen molar-refractivity contribution in [1.29, 1.82) is 0 Å². The van der Waals surface area contributed by atoms with Crippen LogP contribution in [-0.2, 0) is 17.9 Å². The van der Waals surface area contributed by atoms with Gasteiger partial charge in [0.15, 0.2) is 0 Å². The van der Waals surface area contributed by atoms with E-state index in [1.54, 1.807) is 11.3 Å². The average molecular weight is 371 g/mol. The molecule has 0 spiro atoms. The Kier molecular flexibility index (Phi) is 5.62. The predicted octanol–water partition coefficient (Wildman–Crippen LogP) is 2.36. The van der Waals surface area contributed by atoms with E-state index in [0.29, 0.717) is 25.0 Å². The summed E-state index contributed by atoms with van der Waals surface area (Å²) in [6.45, 7) is 5.26. The fourth-order valence-electron chi connectivity index (χ4n) is 4.18. The number of fused-ring (bicyclic) bond motifs is 4. The van der Waals surface area contributed by atoms with Gasteiger partial charge in [0.25, 0.3) is 0 Å². The summed E-state index contributed by atoms with van der Waals surface area (Å²) in [4.78, 5) is 21.8. The van der Waals surface area contributed by atoms with E-state index in [9.17, 15) is 4.79 Å². The van der Waals surface area contributed by atoms with Crippen molar-refractivity contribution in [3.05, 3.63) is 52.5 Å². The summed E-state index contributed by atoms with van der Waals surface area (Å²) < 4.78 is 0. The average Bonchev–Trinajstić information content (AvgIpc) is 3.01. The molecule has 1 amide bonds. The lowest BCUT2D eigenvalue weighted by molar-refractivity contribution is -0.123. The molecule has 1 aromatic carbocycles. The number of aromatic nitrogens is 1. The lowest BCUT2D eigenvalue weighted by Gasteiger charge is -2.35. The normalized spacial score (nSPS) is 23.7. The monoisotopic (exact) mass is 370 g/mol. The van der Waals surface area contributed by atoms with Crippen LogP contribution in [-0.4, -0.2) is 52.9 Å². The van der Waals surface area contributed by atoms with Crippen LogP contribution in [0.3, 0.4) is 0 Å². The molecule has 1 N–H and O–H groups in total. The largest absolute Gasteiger partial charge is 0.351 e. The van der Waals surface area contributed by atoms with Gasteiger partial charge >= 0.3 is 0 Å². The summed E-state index contributed by atoms with van der Waals surface area (Å²) >= 11 is 1.66. The molecule has 0 unspecified atom stereocenters. The van der Waals surface area contributed by atoms with Gasteiger partial charge in [-0.3, -0.25) is 14.6 Å². The number of nitrogens with one attached hydrogen (secondary N) is 1. The molecule has 3 aliphatic heterocycles. The first-order chi connectivity index (χ1) is 12.8. The minimum Gasteiger partial charge on any atom is -0.351 e. The van der Waals surface area contributed by atoms with E-state index in [-0.39, 0.29) is 5.91 Å². The van der Waals surface area contributed by atoms with Gasteiger partial charge in [-0.25, -0.2) is 4.98 Å². The van der Waals surface area contributed by atoms with Crippen LogP contribution in [0.1, 0.15) is 24.1 Å². The third-order valence-electron chi connectivity index (χ3n) is 5.45. The zero-order chi connectivity index (χ0) is 17.8. The van der Waals surface area contributed by atoms with E-state index in [4.69, 9.17) is 0 Å². The summed E-state index contributed by atoms with van der Waals surface area (Å²) in [7, 11) is 0. The first kappa shape index (κ1) is 17.6. The molecule has 0 saturated carbocycles. The first-order valence-corrected chi connectivity index (χ1v) is 10.3. The smallest absolute Gasteiger partial charge is 0.234 e. The van der Waals surface area contributed by atoms with Crippen LogP contribution < -0.4 is 5.32 Å². The highest BCUT2D eigenvalue weighted by atomic mass is 32.1. The van der Waals surface area contributed by atoms with Crippen molar-refractivity contribution in [3.8, 4) is 0 Å². The fourth-order valence-corrected chi connectivity index (χ4v) is 4.73. The molecule has 1 aromatic heterocycles. The van der Waals surface area contributed by atoms with Crippen molar-refractivity contribution < 1.29 is 4.79 Å². The summed E-state index contributed by atoms with van der Waals surface area (Å²) in [6, 6.07) is 10.6. The SMILES string of the molecule is O=C(CN1C[C@H]2CC[C@@H]1CN(Cc1cscn1)C2)NCc1ccccc1. The lowest BCUT2D eigenvalue weighted by atomic mass is 9.95. The van der Waals surface area contributed by atoms with Gasteiger partial charge in [0, 0.05) is 44.1 Å². The number of hydrogen-bond acceptors (Lipinski definition) is 5. The number of nitrogens with zero attached hydrogens (tertiary/aromatic N) is 3. The molecule has 4 heterocycles. The second-order valence-electron chi connectivity index (χ2n) is 7.46. The third-order valence-corrected chi connectivity index (χ3v) is 6.09. The van der Waals surface area contributed by atoms with E-state index >= 15 is 0 Å². The molecule has 3 fully saturated rings. The van der Waals surface area contributed by atoms with Crippen LogP contribution in [0.25, 0.3) is 0 Å². The Bertz CT molecular complexity index is 706. The van der Waals surface area contributed by atoms with Crippen molar-refractivity contribution in [2.75, 3.05) is 26.2 Å². The van der Waals surface area contributed by atoms with Gasteiger partial charge in [0.1, 0.15) is 0 Å². The van der Waals surface area contributed by atoms with Crippen molar-refractivity contribution in [3.63, 3.8) is 0 Å². The fraction of sp³-hybridized carbons (Fsp3) is 0.500. The molecule has 0 radical (unpaired) electrons. The Morgan fingerprint density at radius 2 is 2.08 bits per heavy atom. The summed E-state index contributed by atoms with van der Waals surface area (Å²) in [6.07, 6.45) is 2.48. The van der Waals surface area contributed by atoms with E-state index < -0.39 is 0 Å². The number of thiazole rings is 1. The molecular formula is C20H26N4OS. The van der Waals surface area contributed by atoms with Crippen LogP contribution in [0.4, 0.5) is 0 Å². The number of carbonyl (C=O) groups is 1. The molecule has 5 rings (SSSR count). The van der Waals surface area contributed by atoms with Gasteiger partial charge < -0.3 is 5.32 Å². The molecule has 2 atom stereocenters. The zero-order valence-corrected chi connectivity index (χ0v) is 15.8. The topological polar surface area (TPSA) is 48.5 Å². The minimum absolute atomic E-state index is 0.132. The number of rotatable bonds is 6. The van der Waals surface area contributed by atoms with Crippen molar-refractivity contribution in [1.82, 2.24) is 20.1 Å². The summed E-state index contributed by atoms with van der Waals surface area (Å²) in [5.41, 5.74) is 4.22. The second-order valence-corrected chi connectivity index (χ2v) is 8.18. The number of hydrogen-bond donors (Lipinski definition) is 1. The number of carbonyl (C=O) groups excluding carboxylic acids is 1. The Labute approximate surface area is 159 Å². The molecule has 5 nitrogen and oxygen atoms in total. The molecule has 6 heteroatoms. The first-order valence-electron chi connectivity index (χ1n) is 9.40. The van der Waals surface area contributed by atoms with Crippen LogP contribution in [0.15, 0.2) is 41.2 Å². The van der Waals surface area contributed by atoms with Gasteiger partial charge in [-0.1, -0.05) is 30.3 Å². The Morgan fingerprint density at radius 3 is 2.88 bits per heavy atom. The van der Waals surface area contributed by atoms with Gasteiger partial charge in [0.05, 0.1) is 17.7 Å². The lowest BCUT2D eigenvalue weighted by Crippen LogP contribution is -2.48. The standard InChI is InChI=1S/C20H26N4OS/c25-20(21-8-16-4-2-1-3-5-16)13-24-10-17-6-7-19(24)12-23(9-17)11-18-14-26-15-22-18/h1-5,14-15,17,19H,6-13H2,(H,21,25)/t17-,19+/m0/s1. The summed E-state index contributed by atoms with van der Waals surface area (Å²) in [5, 5.41) is 5.21. The number of amides is 1. The third kappa shape index (κ3) is 4.50. The van der Waals surface area contributed by atoms with Gasteiger partial charge in [-0.2, -0.15) is 0 Å². The molecule has 138 valence electrons. The van der Waals surface area contributed by atoms with E-state index in [1.807, 2.05) is 35.8 Å². The van der Waals surface area contributed by atoms with Gasteiger partial charge in [-0.15, -0.1) is 11.3 Å². The molecule has 2 bridgehead atoms. The van der Waals surface area contributed by atoms with Crippen LogP contribution in [0.5, 0.6) is 0 Å². The number of benzene rings is 1. The van der Waals surface area contributed by atoms with Crippen molar-refractivity contribution in [2.45, 2.75) is 32.0 Å². The molecule has 3 aliphatic rings. The highest BCUT2D eigenvalue weighted by molar-refractivity contribution is 7.07. The van der Waals surface area contributed by atoms with Gasteiger partial charge in [-0.05, 0) is 24.3 Å². The Balaban J connectivity index is 1.31. The molecule has 0 aliphatic carbocycles. The van der Waals surface area contributed by atoms with Crippen LogP contribution in [0.2, 0.25) is 0 Å². The van der Waals surface area contributed by atoms with E-state index in [0.717, 1.165) is 31.7 Å². The van der Waals surface area contributed by atoms with E-state index in [2.05, 4.69) is 25.5 Å². The maximum atomic E-state index is 12.4. The highest BCUT2D eigenvalue weighted by Crippen LogP contribution is 2.28. The second kappa shape index (κ2) is 8.29. The predicted molar refractivity (Wildman–Crippen MR) is 104 cm³/mol. The Hall–Kier alpha value is -1.76. The Morgan fingerprint density at radius 1 is 1.19 bits per heavy atom. The van der Waals surface area contributed by atoms with Crippen molar-refractivity contribution in [2.24, 2.45) is 5.92 Å². The highest BCUT2D eigenvalue weighted by Gasteiger charge is 2.35. The minimum atomic E-state index is 0.132. The van der Waals surface area contributed by atoms with Crippen LogP contribution in [0, 0.1) is 5.92 Å². The summed E-state index contributed by atoms with van der Waals surface area (Å²) in [5.74, 6) is 0.793. The molecule has 26 heavy (non-hydrogen) atoms. The van der Waals surface area contributed by atoms with Gasteiger partial charge in [0.2, 0.25) is 5.91 Å². The molecule has 3 saturated heterocycles.